The molecule has 1 amide bonds. The topological polar surface area (TPSA) is 66.9 Å². The van der Waals surface area contributed by atoms with Gasteiger partial charge in [0.15, 0.2) is 0 Å². The van der Waals surface area contributed by atoms with Gasteiger partial charge in [0.25, 0.3) is 5.91 Å². The van der Waals surface area contributed by atoms with E-state index in [0.29, 0.717) is 17.7 Å². The predicted molar refractivity (Wildman–Crippen MR) is 91.8 cm³/mol. The summed E-state index contributed by atoms with van der Waals surface area (Å²) in [5.74, 6) is 0.320. The Morgan fingerprint density at radius 2 is 1.96 bits per heavy atom. The van der Waals surface area contributed by atoms with Crippen LogP contribution in [-0.2, 0) is 0 Å². The lowest BCUT2D eigenvalue weighted by Crippen LogP contribution is -2.19. The van der Waals surface area contributed by atoms with E-state index in [4.69, 9.17) is 0 Å². The Hall–Kier alpha value is -2.43. The Morgan fingerprint density at radius 3 is 2.74 bits per heavy atom. The summed E-state index contributed by atoms with van der Waals surface area (Å²) in [5, 5.41) is 6.25. The summed E-state index contributed by atoms with van der Waals surface area (Å²) in [7, 11) is 0. The molecule has 0 unspecified atom stereocenters. The number of aryl methyl sites for hydroxylation is 1. The molecule has 2 aromatic rings. The minimum Gasteiger partial charge on any atom is -0.351 e. The quantitative estimate of drug-likeness (QED) is 0.903. The van der Waals surface area contributed by atoms with Gasteiger partial charge in [-0.1, -0.05) is 25.0 Å². The standard InChI is InChI=1S/C18H22N4O/c1-12-6-5-9-15(13(12)2)21-17(23)16-10-11-19-18(22-16)20-14-7-3-4-8-14/h5-6,9-11,14H,3-4,7-8H2,1-2H3,(H,21,23)(H,19,20,22). The molecule has 0 spiro atoms. The average Bonchev–Trinajstić information content (AvgIpc) is 3.05. The Balaban J connectivity index is 1.73. The molecule has 0 aliphatic heterocycles. The van der Waals surface area contributed by atoms with Crippen molar-refractivity contribution in [2.24, 2.45) is 0 Å². The smallest absolute Gasteiger partial charge is 0.274 e. The maximum Gasteiger partial charge on any atom is 0.274 e. The van der Waals surface area contributed by atoms with Gasteiger partial charge in [0.1, 0.15) is 5.69 Å². The zero-order valence-electron chi connectivity index (χ0n) is 13.6. The van der Waals surface area contributed by atoms with Crippen molar-refractivity contribution < 1.29 is 4.79 Å². The first-order chi connectivity index (χ1) is 11.1. The number of rotatable bonds is 4. The van der Waals surface area contributed by atoms with Crippen molar-refractivity contribution >= 4 is 17.5 Å². The van der Waals surface area contributed by atoms with Crippen molar-refractivity contribution in [3.63, 3.8) is 0 Å². The van der Waals surface area contributed by atoms with Crippen molar-refractivity contribution in [2.75, 3.05) is 10.6 Å². The van der Waals surface area contributed by atoms with Gasteiger partial charge in [-0.15, -0.1) is 0 Å². The van der Waals surface area contributed by atoms with Crippen molar-refractivity contribution in [1.82, 2.24) is 9.97 Å². The third kappa shape index (κ3) is 3.67. The van der Waals surface area contributed by atoms with Crippen LogP contribution >= 0.6 is 0 Å². The Bertz CT molecular complexity index is 708. The molecule has 120 valence electrons. The van der Waals surface area contributed by atoms with Gasteiger partial charge < -0.3 is 10.6 Å². The van der Waals surface area contributed by atoms with E-state index in [1.807, 2.05) is 32.0 Å². The zero-order chi connectivity index (χ0) is 16.2. The van der Waals surface area contributed by atoms with Crippen LogP contribution in [0.2, 0.25) is 0 Å². The lowest BCUT2D eigenvalue weighted by Gasteiger charge is -2.13. The molecule has 0 saturated heterocycles. The fraction of sp³-hybridized carbons (Fsp3) is 0.389. The zero-order valence-corrected chi connectivity index (χ0v) is 13.6. The fourth-order valence-corrected chi connectivity index (χ4v) is 2.88. The van der Waals surface area contributed by atoms with Gasteiger partial charge in [-0.05, 0) is 49.9 Å². The van der Waals surface area contributed by atoms with E-state index in [0.717, 1.165) is 29.7 Å². The number of anilines is 2. The summed E-state index contributed by atoms with van der Waals surface area (Å²) < 4.78 is 0. The first-order valence-electron chi connectivity index (χ1n) is 8.10. The molecule has 3 rings (SSSR count). The predicted octanol–water partition coefficient (Wildman–Crippen LogP) is 3.70. The summed E-state index contributed by atoms with van der Waals surface area (Å²) in [6.45, 7) is 4.03. The molecule has 5 heteroatoms. The summed E-state index contributed by atoms with van der Waals surface area (Å²) in [5.41, 5.74) is 3.41. The molecule has 0 bridgehead atoms. The van der Waals surface area contributed by atoms with Gasteiger partial charge in [-0.2, -0.15) is 0 Å². The molecule has 1 heterocycles. The van der Waals surface area contributed by atoms with Crippen molar-refractivity contribution in [2.45, 2.75) is 45.6 Å². The van der Waals surface area contributed by atoms with Crippen LogP contribution < -0.4 is 10.6 Å². The van der Waals surface area contributed by atoms with Crippen LogP contribution in [-0.4, -0.2) is 21.9 Å². The molecule has 1 aromatic heterocycles. The van der Waals surface area contributed by atoms with Crippen LogP contribution in [0.5, 0.6) is 0 Å². The maximum absolute atomic E-state index is 12.4. The highest BCUT2D eigenvalue weighted by Crippen LogP contribution is 2.21. The molecule has 0 atom stereocenters. The number of carbonyl (C=O) groups is 1. The lowest BCUT2D eigenvalue weighted by atomic mass is 10.1. The highest BCUT2D eigenvalue weighted by atomic mass is 16.1. The minimum absolute atomic E-state index is 0.212. The summed E-state index contributed by atoms with van der Waals surface area (Å²) in [4.78, 5) is 21.0. The average molecular weight is 310 g/mol. The normalized spacial score (nSPS) is 14.7. The fourth-order valence-electron chi connectivity index (χ4n) is 2.88. The second-order valence-corrected chi connectivity index (χ2v) is 6.09. The molecule has 1 fully saturated rings. The number of hydrogen-bond donors (Lipinski definition) is 2. The van der Waals surface area contributed by atoms with Gasteiger partial charge >= 0.3 is 0 Å². The molecule has 23 heavy (non-hydrogen) atoms. The molecule has 0 radical (unpaired) electrons. The molecule has 1 aliphatic rings. The molecule has 5 nitrogen and oxygen atoms in total. The Morgan fingerprint density at radius 1 is 1.17 bits per heavy atom. The first kappa shape index (κ1) is 15.5. The van der Waals surface area contributed by atoms with Crippen LogP contribution in [0.3, 0.4) is 0 Å². The summed E-state index contributed by atoms with van der Waals surface area (Å²) >= 11 is 0. The van der Waals surface area contributed by atoms with Crippen LogP contribution in [0.4, 0.5) is 11.6 Å². The highest BCUT2D eigenvalue weighted by Gasteiger charge is 2.17. The van der Waals surface area contributed by atoms with E-state index in [9.17, 15) is 4.79 Å². The summed E-state index contributed by atoms with van der Waals surface area (Å²) in [6, 6.07) is 7.93. The Kier molecular flexibility index (Phi) is 4.55. The van der Waals surface area contributed by atoms with Crippen molar-refractivity contribution in [3.8, 4) is 0 Å². The molecule has 1 saturated carbocycles. The van der Waals surface area contributed by atoms with Gasteiger partial charge in [0.05, 0.1) is 0 Å². The number of benzene rings is 1. The van der Waals surface area contributed by atoms with Crippen molar-refractivity contribution in [3.05, 3.63) is 47.3 Å². The molecular weight excluding hydrogens is 288 g/mol. The van der Waals surface area contributed by atoms with E-state index >= 15 is 0 Å². The largest absolute Gasteiger partial charge is 0.351 e. The first-order valence-corrected chi connectivity index (χ1v) is 8.10. The number of aromatic nitrogens is 2. The molecule has 2 N–H and O–H groups in total. The molecular formula is C18H22N4O. The van der Waals surface area contributed by atoms with Gasteiger partial charge in [0, 0.05) is 17.9 Å². The third-order valence-corrected chi connectivity index (χ3v) is 4.43. The SMILES string of the molecule is Cc1cccc(NC(=O)c2ccnc(NC3CCCC3)n2)c1C. The van der Waals surface area contributed by atoms with Gasteiger partial charge in [0.2, 0.25) is 5.95 Å². The van der Waals surface area contributed by atoms with E-state index in [1.54, 1.807) is 12.3 Å². The van der Waals surface area contributed by atoms with E-state index in [-0.39, 0.29) is 5.91 Å². The van der Waals surface area contributed by atoms with Gasteiger partial charge in [-0.3, -0.25) is 4.79 Å². The van der Waals surface area contributed by atoms with E-state index in [1.165, 1.54) is 12.8 Å². The van der Waals surface area contributed by atoms with E-state index in [2.05, 4.69) is 20.6 Å². The van der Waals surface area contributed by atoms with E-state index < -0.39 is 0 Å². The lowest BCUT2D eigenvalue weighted by molar-refractivity contribution is 0.102. The highest BCUT2D eigenvalue weighted by molar-refractivity contribution is 6.03. The second kappa shape index (κ2) is 6.77. The number of nitrogens with one attached hydrogen (secondary N) is 2. The van der Waals surface area contributed by atoms with Crippen LogP contribution in [0.15, 0.2) is 30.5 Å². The van der Waals surface area contributed by atoms with Crippen LogP contribution in [0.25, 0.3) is 0 Å². The number of nitrogens with zero attached hydrogens (tertiary/aromatic N) is 2. The maximum atomic E-state index is 12.4. The van der Waals surface area contributed by atoms with Gasteiger partial charge in [-0.25, -0.2) is 9.97 Å². The minimum atomic E-state index is -0.212. The van der Waals surface area contributed by atoms with Crippen molar-refractivity contribution in [1.29, 1.82) is 0 Å². The third-order valence-electron chi connectivity index (χ3n) is 4.43. The van der Waals surface area contributed by atoms with Crippen LogP contribution in [0.1, 0.15) is 47.3 Å². The Labute approximate surface area is 136 Å². The molecule has 1 aromatic carbocycles. The number of carbonyl (C=O) groups excluding carboxylic acids is 1. The number of amides is 1. The van der Waals surface area contributed by atoms with Crippen LogP contribution in [0, 0.1) is 13.8 Å². The molecule has 1 aliphatic carbocycles. The second-order valence-electron chi connectivity index (χ2n) is 6.09. The number of hydrogen-bond acceptors (Lipinski definition) is 4. The monoisotopic (exact) mass is 310 g/mol. The summed E-state index contributed by atoms with van der Waals surface area (Å²) in [6.07, 6.45) is 6.39.